The van der Waals surface area contributed by atoms with Crippen LogP contribution in [0.25, 0.3) is 0 Å². The summed E-state index contributed by atoms with van der Waals surface area (Å²) >= 11 is 0. The molecule has 0 spiro atoms. The standard InChI is InChI=1S/C24H39N7O13/c25-8-2-1-3-11(26)20(39)30-14(9-16(27)32)23(42)29-12(4-6-17(33)34)21(40)28-13(5-7-18(35)36)22(41)31-15(24(43)44)10-19(37)38/h11-15H,1-10,25-26H2,(H2,27,32)(H,28,40)(H,29,42)(H,30,39)(H,31,41)(H,33,34)(H,35,36)(H,37,38)(H,43,44)/t11-,12-,13-,14-,15-/m0/s1. The van der Waals surface area contributed by atoms with E-state index in [0.717, 1.165) is 0 Å². The molecule has 20 heteroatoms. The Kier molecular flexibility index (Phi) is 17.9. The Morgan fingerprint density at radius 1 is 0.545 bits per heavy atom. The monoisotopic (exact) mass is 633 g/mol. The molecule has 0 saturated carbocycles. The van der Waals surface area contributed by atoms with Crippen molar-refractivity contribution in [3.63, 3.8) is 0 Å². The first-order chi connectivity index (χ1) is 20.5. The van der Waals surface area contributed by atoms with Crippen molar-refractivity contribution in [2.24, 2.45) is 17.2 Å². The van der Waals surface area contributed by atoms with E-state index >= 15 is 0 Å². The van der Waals surface area contributed by atoms with E-state index < -0.39 is 122 Å². The van der Waals surface area contributed by atoms with E-state index in [1.807, 2.05) is 5.32 Å². The van der Waals surface area contributed by atoms with E-state index in [1.54, 1.807) is 0 Å². The van der Waals surface area contributed by atoms with E-state index in [0.29, 0.717) is 19.4 Å². The molecular weight excluding hydrogens is 594 g/mol. The molecule has 0 aromatic heterocycles. The van der Waals surface area contributed by atoms with E-state index in [-0.39, 0.29) is 6.42 Å². The van der Waals surface area contributed by atoms with Gasteiger partial charge >= 0.3 is 23.9 Å². The van der Waals surface area contributed by atoms with Crippen molar-refractivity contribution in [3.05, 3.63) is 0 Å². The lowest BCUT2D eigenvalue weighted by Gasteiger charge is -2.26. The van der Waals surface area contributed by atoms with Gasteiger partial charge in [0.05, 0.1) is 18.9 Å². The molecule has 0 aliphatic heterocycles. The van der Waals surface area contributed by atoms with Crippen LogP contribution in [0.4, 0.5) is 0 Å². The molecule has 0 aliphatic rings. The van der Waals surface area contributed by atoms with Gasteiger partial charge in [-0.25, -0.2) is 4.79 Å². The number of aliphatic carboxylic acids is 4. The highest BCUT2D eigenvalue weighted by Gasteiger charge is 2.33. The zero-order chi connectivity index (χ0) is 34.0. The summed E-state index contributed by atoms with van der Waals surface area (Å²) in [6.07, 6.45) is -3.20. The Labute approximate surface area is 250 Å². The summed E-state index contributed by atoms with van der Waals surface area (Å²) in [5.74, 6) is -11.7. The number of hydrogen-bond acceptors (Lipinski definition) is 11. The van der Waals surface area contributed by atoms with Crippen molar-refractivity contribution in [2.75, 3.05) is 6.54 Å². The second-order valence-corrected chi connectivity index (χ2v) is 9.61. The van der Waals surface area contributed by atoms with Crippen LogP contribution < -0.4 is 38.5 Å². The highest BCUT2D eigenvalue weighted by Crippen LogP contribution is 2.07. The molecular formula is C24H39N7O13. The molecule has 0 heterocycles. The maximum atomic E-state index is 13.1. The topological polar surface area (TPSA) is 361 Å². The SMILES string of the molecule is NCCCC[C@H](N)C(=O)N[C@@H](CC(N)=O)C(=O)N[C@@H](CCC(=O)O)C(=O)N[C@@H](CCC(=O)O)C(=O)N[C@@H](CC(=O)O)C(=O)O. The van der Waals surface area contributed by atoms with Gasteiger partial charge in [0, 0.05) is 12.8 Å². The molecule has 0 aromatic rings. The Morgan fingerprint density at radius 2 is 0.977 bits per heavy atom. The molecule has 0 rings (SSSR count). The van der Waals surface area contributed by atoms with Crippen LogP contribution in [0.2, 0.25) is 0 Å². The first kappa shape index (κ1) is 39.1. The normalized spacial score (nSPS) is 14.0. The third-order valence-corrected chi connectivity index (χ3v) is 5.90. The van der Waals surface area contributed by atoms with Crippen molar-refractivity contribution in [1.29, 1.82) is 0 Å². The van der Waals surface area contributed by atoms with Crippen molar-refractivity contribution < 1.29 is 63.6 Å². The maximum Gasteiger partial charge on any atom is 0.326 e. The number of unbranched alkanes of at least 4 members (excludes halogenated alkanes) is 1. The third kappa shape index (κ3) is 16.6. The lowest BCUT2D eigenvalue weighted by molar-refractivity contribution is -0.147. The summed E-state index contributed by atoms with van der Waals surface area (Å²) < 4.78 is 0. The number of nitrogens with one attached hydrogen (secondary N) is 4. The highest BCUT2D eigenvalue weighted by atomic mass is 16.4. The minimum Gasteiger partial charge on any atom is -0.481 e. The summed E-state index contributed by atoms with van der Waals surface area (Å²) in [4.78, 5) is 107. The molecule has 0 fully saturated rings. The van der Waals surface area contributed by atoms with Crippen molar-refractivity contribution in [2.45, 2.75) is 88.0 Å². The zero-order valence-corrected chi connectivity index (χ0v) is 23.7. The Hall–Kier alpha value is -4.85. The molecule has 44 heavy (non-hydrogen) atoms. The molecule has 0 unspecified atom stereocenters. The fourth-order valence-electron chi connectivity index (χ4n) is 3.59. The molecule has 0 bridgehead atoms. The first-order valence-corrected chi connectivity index (χ1v) is 13.3. The van der Waals surface area contributed by atoms with Crippen LogP contribution in [0.15, 0.2) is 0 Å². The van der Waals surface area contributed by atoms with Gasteiger partial charge in [-0.1, -0.05) is 6.42 Å². The number of hydrogen-bond donors (Lipinski definition) is 11. The number of nitrogens with two attached hydrogens (primary N) is 3. The quantitative estimate of drug-likeness (QED) is 0.0473. The van der Waals surface area contributed by atoms with E-state index in [1.165, 1.54) is 0 Å². The van der Waals surface area contributed by atoms with Crippen LogP contribution in [0, 0.1) is 0 Å². The number of primary amides is 1. The minimum atomic E-state index is -1.95. The number of rotatable bonds is 23. The number of carboxylic acid groups (broad SMARTS) is 4. The molecule has 14 N–H and O–H groups in total. The third-order valence-electron chi connectivity index (χ3n) is 5.90. The summed E-state index contributed by atoms with van der Waals surface area (Å²) in [6, 6.07) is -8.21. The number of carbonyl (C=O) groups excluding carboxylic acids is 5. The largest absolute Gasteiger partial charge is 0.481 e. The summed E-state index contributed by atoms with van der Waals surface area (Å²) in [5, 5.41) is 44.5. The average Bonchev–Trinajstić information content (AvgIpc) is 2.91. The van der Waals surface area contributed by atoms with Crippen LogP contribution in [0.1, 0.15) is 57.8 Å². The van der Waals surface area contributed by atoms with Crippen molar-refractivity contribution >= 4 is 53.4 Å². The van der Waals surface area contributed by atoms with Gasteiger partial charge in [-0.3, -0.25) is 38.4 Å². The van der Waals surface area contributed by atoms with Crippen LogP contribution in [-0.4, -0.2) is 111 Å². The minimum absolute atomic E-state index is 0.187. The van der Waals surface area contributed by atoms with Gasteiger partial charge in [0.15, 0.2) is 0 Å². The smallest absolute Gasteiger partial charge is 0.326 e. The van der Waals surface area contributed by atoms with Gasteiger partial charge in [0.25, 0.3) is 0 Å². The maximum absolute atomic E-state index is 13.1. The fourth-order valence-corrected chi connectivity index (χ4v) is 3.59. The van der Waals surface area contributed by atoms with Crippen LogP contribution in [0.3, 0.4) is 0 Å². The fraction of sp³-hybridized carbons (Fsp3) is 0.625. The summed E-state index contributed by atoms with van der Waals surface area (Å²) in [5.41, 5.74) is 16.4. The average molecular weight is 634 g/mol. The molecule has 5 atom stereocenters. The molecule has 0 aliphatic carbocycles. The van der Waals surface area contributed by atoms with E-state index in [9.17, 15) is 48.3 Å². The van der Waals surface area contributed by atoms with Gasteiger partial charge in [-0.15, -0.1) is 0 Å². The predicted octanol–water partition coefficient (Wildman–Crippen LogP) is -4.45. The number of carboxylic acids is 4. The highest BCUT2D eigenvalue weighted by molar-refractivity contribution is 5.97. The van der Waals surface area contributed by atoms with Crippen LogP contribution in [-0.2, 0) is 43.2 Å². The van der Waals surface area contributed by atoms with Gasteiger partial charge in [-0.05, 0) is 32.2 Å². The van der Waals surface area contributed by atoms with Crippen molar-refractivity contribution in [3.8, 4) is 0 Å². The summed E-state index contributed by atoms with van der Waals surface area (Å²) in [7, 11) is 0. The predicted molar refractivity (Wildman–Crippen MR) is 146 cm³/mol. The van der Waals surface area contributed by atoms with Crippen molar-refractivity contribution in [1.82, 2.24) is 21.3 Å². The molecule has 5 amide bonds. The second kappa shape index (κ2) is 20.1. The van der Waals surface area contributed by atoms with Gasteiger partial charge in [0.2, 0.25) is 29.5 Å². The molecule has 0 saturated heterocycles. The second-order valence-electron chi connectivity index (χ2n) is 9.61. The molecule has 20 nitrogen and oxygen atoms in total. The van der Waals surface area contributed by atoms with Gasteiger partial charge in [0.1, 0.15) is 24.2 Å². The lowest BCUT2D eigenvalue weighted by Crippen LogP contribution is -2.59. The molecule has 0 aromatic carbocycles. The van der Waals surface area contributed by atoms with Gasteiger partial charge in [-0.2, -0.15) is 0 Å². The molecule has 248 valence electrons. The van der Waals surface area contributed by atoms with Crippen LogP contribution in [0.5, 0.6) is 0 Å². The Balaban J connectivity index is 5.98. The number of amides is 5. The molecule has 0 radical (unpaired) electrons. The van der Waals surface area contributed by atoms with Crippen LogP contribution >= 0.6 is 0 Å². The summed E-state index contributed by atoms with van der Waals surface area (Å²) in [6.45, 7) is 0.349. The van der Waals surface area contributed by atoms with E-state index in [4.69, 9.17) is 32.5 Å². The number of carbonyl (C=O) groups is 9. The lowest BCUT2D eigenvalue weighted by atomic mass is 10.0. The Bertz CT molecular complexity index is 1080. The van der Waals surface area contributed by atoms with E-state index in [2.05, 4.69) is 16.0 Å². The Morgan fingerprint density at radius 3 is 1.36 bits per heavy atom. The first-order valence-electron chi connectivity index (χ1n) is 13.3. The van der Waals surface area contributed by atoms with Gasteiger partial charge < -0.3 is 58.9 Å². The zero-order valence-electron chi connectivity index (χ0n) is 23.7.